The number of hydrogen-bond donors (Lipinski definition) is 1. The summed E-state index contributed by atoms with van der Waals surface area (Å²) < 4.78 is 0. The molecule has 68 valence electrons. The van der Waals surface area contributed by atoms with Gasteiger partial charge in [-0.05, 0) is 26.2 Å². The van der Waals surface area contributed by atoms with Gasteiger partial charge < -0.3 is 5.11 Å². The largest absolute Gasteiger partial charge is 0.392 e. The summed E-state index contributed by atoms with van der Waals surface area (Å²) in [4.78, 5) is 0. The van der Waals surface area contributed by atoms with E-state index in [4.69, 9.17) is 6.42 Å². The van der Waals surface area contributed by atoms with Crippen LogP contribution in [0.4, 0.5) is 0 Å². The number of aliphatic hydroxyl groups is 1. The predicted molar refractivity (Wildman–Crippen MR) is 52.7 cm³/mol. The van der Waals surface area contributed by atoms with Crippen LogP contribution in [0, 0.1) is 18.3 Å². The van der Waals surface area contributed by atoms with Gasteiger partial charge in [0.05, 0.1) is 6.10 Å². The zero-order valence-electron chi connectivity index (χ0n) is 8.17. The number of hydrogen-bond acceptors (Lipinski definition) is 1. The molecule has 0 aliphatic rings. The van der Waals surface area contributed by atoms with Gasteiger partial charge in [-0.2, -0.15) is 0 Å². The van der Waals surface area contributed by atoms with E-state index in [0.29, 0.717) is 12.8 Å². The average molecular weight is 166 g/mol. The van der Waals surface area contributed by atoms with Crippen molar-refractivity contribution in [3.05, 3.63) is 11.6 Å². The molecule has 0 spiro atoms. The predicted octanol–water partition coefficient (Wildman–Crippen LogP) is 2.36. The summed E-state index contributed by atoms with van der Waals surface area (Å²) in [5.41, 5.74) is 1.24. The summed E-state index contributed by atoms with van der Waals surface area (Å²) in [6.45, 7) is 6.03. The van der Waals surface area contributed by atoms with E-state index in [1.165, 1.54) is 5.57 Å². The molecule has 1 N–H and O–H groups in total. The highest BCUT2D eigenvalue weighted by Crippen LogP contribution is 2.11. The molecule has 0 aliphatic carbocycles. The monoisotopic (exact) mass is 166 g/mol. The lowest BCUT2D eigenvalue weighted by Gasteiger charge is -2.14. The van der Waals surface area contributed by atoms with E-state index < -0.39 is 0 Å². The van der Waals surface area contributed by atoms with Crippen LogP contribution in [-0.2, 0) is 0 Å². The Kier molecular flexibility index (Phi) is 5.49. The van der Waals surface area contributed by atoms with Crippen molar-refractivity contribution in [2.75, 3.05) is 0 Å². The summed E-state index contributed by atoms with van der Waals surface area (Å²) in [7, 11) is 0. The molecule has 0 fully saturated rings. The second-order valence-corrected chi connectivity index (χ2v) is 3.47. The first-order valence-electron chi connectivity index (χ1n) is 4.32. The van der Waals surface area contributed by atoms with Crippen molar-refractivity contribution in [1.82, 2.24) is 0 Å². The van der Waals surface area contributed by atoms with Crippen molar-refractivity contribution in [3.8, 4) is 12.3 Å². The van der Waals surface area contributed by atoms with Gasteiger partial charge in [0.1, 0.15) is 0 Å². The number of aliphatic hydroxyl groups excluding tert-OH is 1. The van der Waals surface area contributed by atoms with E-state index in [9.17, 15) is 5.11 Å². The van der Waals surface area contributed by atoms with Gasteiger partial charge in [-0.1, -0.05) is 18.6 Å². The van der Waals surface area contributed by atoms with Crippen LogP contribution in [0.15, 0.2) is 11.6 Å². The number of allylic oxidation sites excluding steroid dienone is 1. The van der Waals surface area contributed by atoms with Crippen molar-refractivity contribution in [2.45, 2.75) is 39.7 Å². The Hall–Kier alpha value is -0.740. The molecular formula is C11H18O. The molecule has 0 aromatic carbocycles. The highest BCUT2D eigenvalue weighted by atomic mass is 16.3. The highest BCUT2D eigenvalue weighted by molar-refractivity contribution is 4.96. The van der Waals surface area contributed by atoms with Crippen LogP contribution >= 0.6 is 0 Å². The summed E-state index contributed by atoms with van der Waals surface area (Å²) >= 11 is 0. The van der Waals surface area contributed by atoms with Crippen molar-refractivity contribution < 1.29 is 5.11 Å². The molecule has 0 rings (SSSR count). The lowest BCUT2D eigenvalue weighted by atomic mass is 9.98. The molecule has 1 heteroatoms. The van der Waals surface area contributed by atoms with Gasteiger partial charge in [0.25, 0.3) is 0 Å². The first-order valence-corrected chi connectivity index (χ1v) is 4.32. The second kappa shape index (κ2) is 5.85. The SMILES string of the molecule is C#CC[C@@H](C)[C@@H](O)CC=C(C)C. The van der Waals surface area contributed by atoms with Crippen LogP contribution < -0.4 is 0 Å². The van der Waals surface area contributed by atoms with Crippen LogP contribution in [0.2, 0.25) is 0 Å². The first kappa shape index (κ1) is 11.3. The quantitative estimate of drug-likeness (QED) is 0.502. The van der Waals surface area contributed by atoms with Crippen LogP contribution in [0.5, 0.6) is 0 Å². The second-order valence-electron chi connectivity index (χ2n) is 3.47. The van der Waals surface area contributed by atoms with Gasteiger partial charge in [0.2, 0.25) is 0 Å². The van der Waals surface area contributed by atoms with Crippen LogP contribution in [0.25, 0.3) is 0 Å². The fourth-order valence-electron chi connectivity index (χ4n) is 0.911. The van der Waals surface area contributed by atoms with Gasteiger partial charge in [0, 0.05) is 6.42 Å². The van der Waals surface area contributed by atoms with E-state index >= 15 is 0 Å². The van der Waals surface area contributed by atoms with Crippen molar-refractivity contribution in [2.24, 2.45) is 5.92 Å². The molecule has 0 saturated heterocycles. The molecular weight excluding hydrogens is 148 g/mol. The maximum Gasteiger partial charge on any atom is 0.0609 e. The molecule has 0 amide bonds. The molecule has 0 radical (unpaired) electrons. The molecule has 2 atom stereocenters. The third-order valence-electron chi connectivity index (χ3n) is 1.86. The molecule has 1 nitrogen and oxygen atoms in total. The van der Waals surface area contributed by atoms with Gasteiger partial charge in [-0.3, -0.25) is 0 Å². The third-order valence-corrected chi connectivity index (χ3v) is 1.86. The smallest absolute Gasteiger partial charge is 0.0609 e. The molecule has 0 aromatic heterocycles. The standard InChI is InChI=1S/C11H18O/c1-5-6-10(4)11(12)8-7-9(2)3/h1,7,10-12H,6,8H2,2-4H3/t10-,11+/m1/s1. The normalized spacial score (nSPS) is 14.6. The minimum atomic E-state index is -0.295. The fourth-order valence-corrected chi connectivity index (χ4v) is 0.911. The summed E-state index contributed by atoms with van der Waals surface area (Å²) in [5.74, 6) is 2.75. The minimum Gasteiger partial charge on any atom is -0.392 e. The zero-order valence-corrected chi connectivity index (χ0v) is 8.17. The van der Waals surface area contributed by atoms with Gasteiger partial charge in [-0.25, -0.2) is 0 Å². The fraction of sp³-hybridized carbons (Fsp3) is 0.636. The zero-order chi connectivity index (χ0) is 9.56. The topological polar surface area (TPSA) is 20.2 Å². The van der Waals surface area contributed by atoms with E-state index in [1.807, 2.05) is 26.8 Å². The van der Waals surface area contributed by atoms with E-state index in [2.05, 4.69) is 5.92 Å². The lowest BCUT2D eigenvalue weighted by Crippen LogP contribution is -2.16. The van der Waals surface area contributed by atoms with Gasteiger partial charge in [0.15, 0.2) is 0 Å². The molecule has 0 saturated carbocycles. The summed E-state index contributed by atoms with van der Waals surface area (Å²) in [5, 5.41) is 9.56. The molecule has 12 heavy (non-hydrogen) atoms. The highest BCUT2D eigenvalue weighted by Gasteiger charge is 2.10. The van der Waals surface area contributed by atoms with Gasteiger partial charge in [-0.15, -0.1) is 12.3 Å². The van der Waals surface area contributed by atoms with Crippen LogP contribution in [0.3, 0.4) is 0 Å². The Morgan fingerprint density at radius 2 is 2.17 bits per heavy atom. The van der Waals surface area contributed by atoms with Crippen molar-refractivity contribution in [1.29, 1.82) is 0 Å². The average Bonchev–Trinajstić information content (AvgIpc) is 2.00. The number of terminal acetylenes is 1. The van der Waals surface area contributed by atoms with Crippen LogP contribution in [0.1, 0.15) is 33.6 Å². The maximum atomic E-state index is 9.56. The molecule has 0 heterocycles. The minimum absolute atomic E-state index is 0.200. The number of rotatable bonds is 4. The Morgan fingerprint density at radius 1 is 1.58 bits per heavy atom. The van der Waals surface area contributed by atoms with Gasteiger partial charge >= 0.3 is 0 Å². The Balaban J connectivity index is 3.80. The molecule has 0 aromatic rings. The van der Waals surface area contributed by atoms with E-state index in [1.54, 1.807) is 0 Å². The lowest BCUT2D eigenvalue weighted by molar-refractivity contribution is 0.121. The van der Waals surface area contributed by atoms with E-state index in [-0.39, 0.29) is 12.0 Å². The molecule has 0 aliphatic heterocycles. The van der Waals surface area contributed by atoms with Crippen molar-refractivity contribution in [3.63, 3.8) is 0 Å². The molecule has 0 bridgehead atoms. The van der Waals surface area contributed by atoms with Crippen LogP contribution in [-0.4, -0.2) is 11.2 Å². The third kappa shape index (κ3) is 4.98. The Labute approximate surface area is 75.5 Å². The summed E-state index contributed by atoms with van der Waals surface area (Å²) in [6.07, 6.45) is 8.25. The summed E-state index contributed by atoms with van der Waals surface area (Å²) in [6, 6.07) is 0. The van der Waals surface area contributed by atoms with E-state index in [0.717, 1.165) is 0 Å². The Morgan fingerprint density at radius 3 is 2.58 bits per heavy atom. The first-order chi connectivity index (χ1) is 5.57. The molecule has 0 unspecified atom stereocenters. The van der Waals surface area contributed by atoms with Crippen molar-refractivity contribution >= 4 is 0 Å². The maximum absolute atomic E-state index is 9.56. The Bertz CT molecular complexity index is 182.